The standard InChI is InChI=1S/C12H9F3N2O3/c13-7-1-2-8(10(15)9(7)14)17-5-6(3-4-18)11(16-17)12(19)20/h1-2,5,18H,3-4H2,(H,19,20). The maximum absolute atomic E-state index is 13.6. The predicted octanol–water partition coefficient (Wildman–Crippen LogP) is 1.52. The second-order valence-corrected chi connectivity index (χ2v) is 3.92. The Kier molecular flexibility index (Phi) is 3.75. The van der Waals surface area contributed by atoms with E-state index in [1.807, 2.05) is 0 Å². The molecule has 0 amide bonds. The van der Waals surface area contributed by atoms with Crippen molar-refractivity contribution in [3.05, 3.63) is 47.0 Å². The molecule has 1 heterocycles. The molecule has 2 N–H and O–H groups in total. The highest BCUT2D eigenvalue weighted by Gasteiger charge is 2.20. The van der Waals surface area contributed by atoms with Crippen LogP contribution in [-0.2, 0) is 6.42 Å². The molecule has 2 aromatic rings. The number of nitrogens with zero attached hydrogens (tertiary/aromatic N) is 2. The molecule has 20 heavy (non-hydrogen) atoms. The van der Waals surface area contributed by atoms with E-state index in [0.29, 0.717) is 6.07 Å². The van der Waals surface area contributed by atoms with Gasteiger partial charge in [-0.15, -0.1) is 0 Å². The zero-order valence-electron chi connectivity index (χ0n) is 9.98. The van der Waals surface area contributed by atoms with Gasteiger partial charge >= 0.3 is 5.97 Å². The van der Waals surface area contributed by atoms with Gasteiger partial charge in [-0.3, -0.25) is 0 Å². The van der Waals surface area contributed by atoms with E-state index in [0.717, 1.165) is 16.9 Å². The van der Waals surface area contributed by atoms with Gasteiger partial charge < -0.3 is 10.2 Å². The van der Waals surface area contributed by atoms with Crippen LogP contribution in [0, 0.1) is 17.5 Å². The quantitative estimate of drug-likeness (QED) is 0.836. The average molecular weight is 286 g/mol. The third-order valence-corrected chi connectivity index (χ3v) is 2.64. The molecule has 2 rings (SSSR count). The number of hydrogen-bond acceptors (Lipinski definition) is 3. The molecule has 8 heteroatoms. The lowest BCUT2D eigenvalue weighted by Gasteiger charge is -2.04. The van der Waals surface area contributed by atoms with Gasteiger partial charge in [0.2, 0.25) is 0 Å². The lowest BCUT2D eigenvalue weighted by molar-refractivity contribution is 0.0688. The normalized spacial score (nSPS) is 10.8. The highest BCUT2D eigenvalue weighted by molar-refractivity contribution is 5.87. The van der Waals surface area contributed by atoms with Crippen molar-refractivity contribution in [1.29, 1.82) is 0 Å². The monoisotopic (exact) mass is 286 g/mol. The molecule has 1 aromatic carbocycles. The molecule has 0 saturated heterocycles. The first-order valence-electron chi connectivity index (χ1n) is 5.52. The van der Waals surface area contributed by atoms with Crippen LogP contribution in [-0.4, -0.2) is 32.6 Å². The topological polar surface area (TPSA) is 75.3 Å². The minimum atomic E-state index is -1.67. The van der Waals surface area contributed by atoms with E-state index < -0.39 is 29.1 Å². The molecule has 0 spiro atoms. The van der Waals surface area contributed by atoms with Crippen molar-refractivity contribution in [1.82, 2.24) is 9.78 Å². The number of hydrogen-bond donors (Lipinski definition) is 2. The molecule has 0 saturated carbocycles. The van der Waals surface area contributed by atoms with Gasteiger partial charge in [-0.2, -0.15) is 5.10 Å². The number of carboxylic acids is 1. The summed E-state index contributed by atoms with van der Waals surface area (Å²) in [5.74, 6) is -5.86. The van der Waals surface area contributed by atoms with Gasteiger partial charge in [0, 0.05) is 18.4 Å². The Hall–Kier alpha value is -2.35. The van der Waals surface area contributed by atoms with Gasteiger partial charge in [0.15, 0.2) is 23.1 Å². The zero-order chi connectivity index (χ0) is 14.9. The van der Waals surface area contributed by atoms with Gasteiger partial charge in [0.1, 0.15) is 5.69 Å². The Bertz CT molecular complexity index is 670. The predicted molar refractivity (Wildman–Crippen MR) is 61.2 cm³/mol. The summed E-state index contributed by atoms with van der Waals surface area (Å²) in [6.45, 7) is -0.327. The maximum Gasteiger partial charge on any atom is 0.356 e. The fourth-order valence-electron chi connectivity index (χ4n) is 1.71. The Morgan fingerprint density at radius 2 is 1.95 bits per heavy atom. The average Bonchev–Trinajstić information content (AvgIpc) is 2.80. The summed E-state index contributed by atoms with van der Waals surface area (Å²) >= 11 is 0. The summed E-state index contributed by atoms with van der Waals surface area (Å²) < 4.78 is 40.4. The summed E-state index contributed by atoms with van der Waals surface area (Å²) in [5, 5.41) is 21.4. The number of carbonyl (C=O) groups is 1. The number of rotatable bonds is 4. The van der Waals surface area contributed by atoms with E-state index >= 15 is 0 Å². The first-order valence-corrected chi connectivity index (χ1v) is 5.52. The van der Waals surface area contributed by atoms with Crippen LogP contribution in [0.5, 0.6) is 0 Å². The minimum absolute atomic E-state index is 0.00701. The Morgan fingerprint density at radius 3 is 2.55 bits per heavy atom. The van der Waals surface area contributed by atoms with Crippen LogP contribution in [0.4, 0.5) is 13.2 Å². The van der Waals surface area contributed by atoms with Crippen LogP contribution in [0.2, 0.25) is 0 Å². The number of carboxylic acid groups (broad SMARTS) is 1. The van der Waals surface area contributed by atoms with Crippen molar-refractivity contribution in [2.75, 3.05) is 6.61 Å². The SMILES string of the molecule is O=C(O)c1nn(-c2ccc(F)c(F)c2F)cc1CCO. The third kappa shape index (κ3) is 2.37. The number of aromatic nitrogens is 2. The Balaban J connectivity index is 2.56. The molecular weight excluding hydrogens is 277 g/mol. The van der Waals surface area contributed by atoms with E-state index in [4.69, 9.17) is 10.2 Å². The highest BCUT2D eigenvalue weighted by Crippen LogP contribution is 2.20. The van der Waals surface area contributed by atoms with Crippen LogP contribution in [0.1, 0.15) is 16.1 Å². The van der Waals surface area contributed by atoms with Gasteiger partial charge in [0.25, 0.3) is 0 Å². The first kappa shape index (κ1) is 14.1. The summed E-state index contributed by atoms with van der Waals surface area (Å²) in [6, 6.07) is 1.65. The lowest BCUT2D eigenvalue weighted by Crippen LogP contribution is -2.05. The smallest absolute Gasteiger partial charge is 0.356 e. The molecule has 0 aliphatic heterocycles. The molecule has 0 unspecified atom stereocenters. The molecule has 0 atom stereocenters. The van der Waals surface area contributed by atoms with E-state index in [2.05, 4.69) is 5.10 Å². The van der Waals surface area contributed by atoms with Gasteiger partial charge in [-0.05, 0) is 18.6 Å². The molecular formula is C12H9F3N2O3. The fraction of sp³-hybridized carbons (Fsp3) is 0.167. The van der Waals surface area contributed by atoms with E-state index in [1.165, 1.54) is 0 Å². The zero-order valence-corrected chi connectivity index (χ0v) is 9.98. The Morgan fingerprint density at radius 1 is 1.25 bits per heavy atom. The van der Waals surface area contributed by atoms with Crippen molar-refractivity contribution >= 4 is 5.97 Å². The minimum Gasteiger partial charge on any atom is -0.476 e. The summed E-state index contributed by atoms with van der Waals surface area (Å²) in [4.78, 5) is 11.0. The van der Waals surface area contributed by atoms with Crippen LogP contribution >= 0.6 is 0 Å². The van der Waals surface area contributed by atoms with Crippen molar-refractivity contribution in [2.24, 2.45) is 0 Å². The van der Waals surface area contributed by atoms with Gasteiger partial charge in [-0.25, -0.2) is 22.6 Å². The molecule has 0 aliphatic rings. The van der Waals surface area contributed by atoms with Gasteiger partial charge in [-0.1, -0.05) is 0 Å². The second-order valence-electron chi connectivity index (χ2n) is 3.92. The molecule has 1 aromatic heterocycles. The Labute approximate surface area is 110 Å². The molecule has 0 bridgehead atoms. The van der Waals surface area contributed by atoms with Crippen LogP contribution in [0.25, 0.3) is 5.69 Å². The van der Waals surface area contributed by atoms with E-state index in [-0.39, 0.29) is 24.3 Å². The third-order valence-electron chi connectivity index (χ3n) is 2.64. The maximum atomic E-state index is 13.6. The molecule has 106 valence electrons. The van der Waals surface area contributed by atoms with Crippen molar-refractivity contribution < 1.29 is 28.2 Å². The molecule has 0 aliphatic carbocycles. The first-order chi connectivity index (χ1) is 9.45. The fourth-order valence-corrected chi connectivity index (χ4v) is 1.71. The molecule has 0 fully saturated rings. The van der Waals surface area contributed by atoms with Crippen molar-refractivity contribution in [2.45, 2.75) is 6.42 Å². The molecule has 5 nitrogen and oxygen atoms in total. The number of aliphatic hydroxyl groups is 1. The van der Waals surface area contributed by atoms with E-state index in [1.54, 1.807) is 0 Å². The molecule has 0 radical (unpaired) electrons. The van der Waals surface area contributed by atoms with Crippen molar-refractivity contribution in [3.8, 4) is 5.69 Å². The summed E-state index contributed by atoms with van der Waals surface area (Å²) in [5.41, 5.74) is -0.650. The number of halogens is 3. The lowest BCUT2D eigenvalue weighted by atomic mass is 10.2. The highest BCUT2D eigenvalue weighted by atomic mass is 19.2. The van der Waals surface area contributed by atoms with E-state index in [9.17, 15) is 18.0 Å². The van der Waals surface area contributed by atoms with Crippen LogP contribution < -0.4 is 0 Å². The number of benzene rings is 1. The number of aliphatic hydroxyl groups excluding tert-OH is 1. The second kappa shape index (κ2) is 5.33. The largest absolute Gasteiger partial charge is 0.476 e. The van der Waals surface area contributed by atoms with Crippen molar-refractivity contribution in [3.63, 3.8) is 0 Å². The summed E-state index contributed by atoms with van der Waals surface area (Å²) in [7, 11) is 0. The van der Waals surface area contributed by atoms with Crippen LogP contribution in [0.3, 0.4) is 0 Å². The van der Waals surface area contributed by atoms with Crippen LogP contribution in [0.15, 0.2) is 18.3 Å². The van der Waals surface area contributed by atoms with Gasteiger partial charge in [0.05, 0.1) is 0 Å². The summed E-state index contributed by atoms with van der Waals surface area (Å²) in [6.07, 6.45) is 1.14. The number of aromatic carboxylic acids is 1.